The van der Waals surface area contributed by atoms with Gasteiger partial charge in [-0.1, -0.05) is 34.1 Å². The highest BCUT2D eigenvalue weighted by molar-refractivity contribution is 9.10. The molecule has 0 saturated carbocycles. The lowest BCUT2D eigenvalue weighted by Crippen LogP contribution is -2.04. The normalized spacial score (nSPS) is 10.6. The molecule has 0 amide bonds. The number of nitrogens with one attached hydrogen (secondary N) is 1. The van der Waals surface area contributed by atoms with Gasteiger partial charge in [0.1, 0.15) is 11.5 Å². The Morgan fingerprint density at radius 3 is 2.76 bits per heavy atom. The molecule has 0 spiro atoms. The van der Waals surface area contributed by atoms with Crippen LogP contribution in [-0.2, 0) is 6.54 Å². The smallest absolute Gasteiger partial charge is 0.146 e. The maximum absolute atomic E-state index is 13.6. The molecule has 0 fully saturated rings. The Balaban J connectivity index is 1.72. The number of anilines is 1. The summed E-state index contributed by atoms with van der Waals surface area (Å²) in [6, 6.07) is 14.4. The minimum Gasteiger partial charge on any atom is -0.377 e. The van der Waals surface area contributed by atoms with E-state index in [4.69, 9.17) is 0 Å². The molecule has 0 aliphatic carbocycles. The van der Waals surface area contributed by atoms with Gasteiger partial charge < -0.3 is 5.32 Å². The summed E-state index contributed by atoms with van der Waals surface area (Å²) in [4.78, 5) is 1.55. The van der Waals surface area contributed by atoms with Crippen molar-refractivity contribution in [1.29, 1.82) is 0 Å². The van der Waals surface area contributed by atoms with Crippen LogP contribution in [0.3, 0.4) is 0 Å². The van der Waals surface area contributed by atoms with Crippen LogP contribution < -0.4 is 5.32 Å². The summed E-state index contributed by atoms with van der Waals surface area (Å²) >= 11 is 3.32. The van der Waals surface area contributed by atoms with E-state index in [0.717, 1.165) is 15.9 Å². The Labute approximate surface area is 129 Å². The van der Waals surface area contributed by atoms with Crippen molar-refractivity contribution in [3.63, 3.8) is 0 Å². The zero-order valence-corrected chi connectivity index (χ0v) is 12.6. The molecule has 1 heterocycles. The van der Waals surface area contributed by atoms with E-state index in [0.29, 0.717) is 12.2 Å². The van der Waals surface area contributed by atoms with Gasteiger partial charge in [-0.3, -0.25) is 0 Å². The first-order valence-corrected chi connectivity index (χ1v) is 7.17. The highest BCUT2D eigenvalue weighted by Crippen LogP contribution is 2.20. The molecular weight excluding hydrogens is 335 g/mol. The van der Waals surface area contributed by atoms with Gasteiger partial charge in [-0.15, -0.1) is 0 Å². The third-order valence-corrected chi connectivity index (χ3v) is 3.41. The van der Waals surface area contributed by atoms with Crippen LogP contribution >= 0.6 is 15.9 Å². The van der Waals surface area contributed by atoms with Crippen LogP contribution in [0.15, 0.2) is 59.2 Å². The van der Waals surface area contributed by atoms with E-state index in [1.807, 2.05) is 30.3 Å². The molecule has 0 aliphatic rings. The van der Waals surface area contributed by atoms with Crippen molar-refractivity contribution in [2.45, 2.75) is 6.54 Å². The summed E-state index contributed by atoms with van der Waals surface area (Å²) in [6.45, 7) is 0.403. The van der Waals surface area contributed by atoms with E-state index < -0.39 is 0 Å². The van der Waals surface area contributed by atoms with Gasteiger partial charge in [0.25, 0.3) is 0 Å². The molecule has 0 aliphatic heterocycles. The van der Waals surface area contributed by atoms with Crippen LogP contribution in [0.4, 0.5) is 10.1 Å². The molecule has 1 aromatic heterocycles. The predicted octanol–water partition coefficient (Wildman–Crippen LogP) is 3.78. The summed E-state index contributed by atoms with van der Waals surface area (Å²) in [7, 11) is 0. The van der Waals surface area contributed by atoms with Gasteiger partial charge in [-0.05, 0) is 30.3 Å². The average molecular weight is 347 g/mol. The highest BCUT2D eigenvalue weighted by Gasteiger charge is 2.05. The van der Waals surface area contributed by atoms with Crippen LogP contribution in [0.2, 0.25) is 0 Å². The molecule has 0 saturated heterocycles. The molecule has 3 aromatic rings. The lowest BCUT2D eigenvalue weighted by atomic mass is 10.3. The number of nitrogens with zero attached hydrogens (tertiary/aromatic N) is 3. The summed E-state index contributed by atoms with van der Waals surface area (Å²) in [5, 5.41) is 11.6. The van der Waals surface area contributed by atoms with E-state index in [2.05, 4.69) is 31.4 Å². The Kier molecular flexibility index (Phi) is 3.96. The molecule has 3 rings (SSSR count). The van der Waals surface area contributed by atoms with Crippen LogP contribution in [-0.4, -0.2) is 15.0 Å². The summed E-state index contributed by atoms with van der Waals surface area (Å²) in [5.41, 5.74) is 2.05. The van der Waals surface area contributed by atoms with Crippen LogP contribution in [0.1, 0.15) is 5.69 Å². The monoisotopic (exact) mass is 346 g/mol. The van der Waals surface area contributed by atoms with Gasteiger partial charge in [0, 0.05) is 4.47 Å². The molecule has 21 heavy (non-hydrogen) atoms. The number of hydrogen-bond donors (Lipinski definition) is 1. The fraction of sp³-hybridized carbons (Fsp3) is 0.0667. The third kappa shape index (κ3) is 3.28. The minimum atomic E-state index is -0.298. The summed E-state index contributed by atoms with van der Waals surface area (Å²) in [5.74, 6) is -0.298. The van der Waals surface area contributed by atoms with Crippen molar-refractivity contribution in [2.24, 2.45) is 0 Å². The lowest BCUT2D eigenvalue weighted by molar-refractivity contribution is 0.629. The maximum Gasteiger partial charge on any atom is 0.146 e. The third-order valence-electron chi connectivity index (χ3n) is 2.91. The molecule has 2 aromatic carbocycles. The van der Waals surface area contributed by atoms with E-state index in [1.54, 1.807) is 23.1 Å². The number of aromatic nitrogens is 3. The maximum atomic E-state index is 13.6. The van der Waals surface area contributed by atoms with Crippen molar-refractivity contribution in [3.8, 4) is 5.69 Å². The fourth-order valence-corrected chi connectivity index (χ4v) is 2.24. The molecule has 6 heteroatoms. The molecule has 4 nitrogen and oxygen atoms in total. The molecule has 0 radical (unpaired) electrons. The minimum absolute atomic E-state index is 0.298. The van der Waals surface area contributed by atoms with E-state index in [9.17, 15) is 4.39 Å². The largest absolute Gasteiger partial charge is 0.377 e. The first kappa shape index (κ1) is 13.8. The van der Waals surface area contributed by atoms with E-state index in [-0.39, 0.29) is 5.82 Å². The Bertz CT molecular complexity index is 742. The zero-order chi connectivity index (χ0) is 14.7. The Morgan fingerprint density at radius 1 is 1.14 bits per heavy atom. The number of rotatable bonds is 4. The van der Waals surface area contributed by atoms with Crippen LogP contribution in [0, 0.1) is 5.82 Å². The van der Waals surface area contributed by atoms with Crippen molar-refractivity contribution in [3.05, 3.63) is 70.7 Å². The van der Waals surface area contributed by atoms with Crippen molar-refractivity contribution >= 4 is 21.6 Å². The second-order valence-electron chi connectivity index (χ2n) is 4.44. The van der Waals surface area contributed by atoms with E-state index in [1.165, 1.54) is 6.07 Å². The van der Waals surface area contributed by atoms with Gasteiger partial charge in [-0.2, -0.15) is 15.0 Å². The predicted molar refractivity (Wildman–Crippen MR) is 82.8 cm³/mol. The van der Waals surface area contributed by atoms with Crippen LogP contribution in [0.5, 0.6) is 0 Å². The molecule has 1 N–H and O–H groups in total. The quantitative estimate of drug-likeness (QED) is 0.781. The van der Waals surface area contributed by atoms with Crippen molar-refractivity contribution in [2.75, 3.05) is 5.32 Å². The second-order valence-corrected chi connectivity index (χ2v) is 5.35. The topological polar surface area (TPSA) is 42.7 Å². The van der Waals surface area contributed by atoms with Gasteiger partial charge in [0.2, 0.25) is 0 Å². The number of hydrogen-bond acceptors (Lipinski definition) is 3. The number of benzene rings is 2. The summed E-state index contributed by atoms with van der Waals surface area (Å²) in [6.07, 6.45) is 1.66. The molecular formula is C15H12BrFN4. The molecule has 0 atom stereocenters. The molecule has 106 valence electrons. The highest BCUT2D eigenvalue weighted by atomic mass is 79.9. The second kappa shape index (κ2) is 6.05. The number of para-hydroxylation sites is 1. The van der Waals surface area contributed by atoms with Crippen LogP contribution in [0.25, 0.3) is 5.69 Å². The number of halogens is 2. The fourth-order valence-electron chi connectivity index (χ4n) is 1.88. The molecule has 0 bridgehead atoms. The average Bonchev–Trinajstić information content (AvgIpc) is 2.98. The van der Waals surface area contributed by atoms with Gasteiger partial charge in [0.15, 0.2) is 0 Å². The first-order valence-electron chi connectivity index (χ1n) is 6.38. The lowest BCUT2D eigenvalue weighted by Gasteiger charge is -2.06. The SMILES string of the molecule is Fc1ccc(Br)cc1NCc1cnn(-c2ccccc2)n1. The zero-order valence-electron chi connectivity index (χ0n) is 11.0. The Hall–Kier alpha value is -2.21. The first-order chi connectivity index (χ1) is 10.2. The van der Waals surface area contributed by atoms with E-state index >= 15 is 0 Å². The molecule has 0 unspecified atom stereocenters. The Morgan fingerprint density at radius 2 is 1.95 bits per heavy atom. The van der Waals surface area contributed by atoms with Crippen molar-refractivity contribution in [1.82, 2.24) is 15.0 Å². The van der Waals surface area contributed by atoms with Gasteiger partial charge >= 0.3 is 0 Å². The van der Waals surface area contributed by atoms with Gasteiger partial charge in [0.05, 0.1) is 24.1 Å². The summed E-state index contributed by atoms with van der Waals surface area (Å²) < 4.78 is 14.4. The standard InChI is InChI=1S/C15H12BrFN4/c16-11-6-7-14(17)15(8-11)18-9-12-10-19-21(20-12)13-4-2-1-3-5-13/h1-8,10,18H,9H2. The van der Waals surface area contributed by atoms with Gasteiger partial charge in [-0.25, -0.2) is 4.39 Å². The van der Waals surface area contributed by atoms with Crippen molar-refractivity contribution < 1.29 is 4.39 Å².